The molecular formula is C10H13N3O2. The van der Waals surface area contributed by atoms with Crippen LogP contribution in [0, 0.1) is 11.3 Å². The van der Waals surface area contributed by atoms with Gasteiger partial charge in [-0.2, -0.15) is 5.26 Å². The number of rotatable bonds is 1. The summed E-state index contributed by atoms with van der Waals surface area (Å²) in [6.45, 7) is -0.00241. The summed E-state index contributed by atoms with van der Waals surface area (Å²) in [5.74, 6) is -0.220. The highest BCUT2D eigenvalue weighted by Crippen LogP contribution is 2.36. The molecular weight excluding hydrogens is 194 g/mol. The molecule has 1 saturated carbocycles. The van der Waals surface area contributed by atoms with E-state index in [1.165, 1.54) is 4.90 Å². The van der Waals surface area contributed by atoms with Crippen LogP contribution in [0.25, 0.3) is 0 Å². The molecule has 0 aromatic rings. The molecule has 5 nitrogen and oxygen atoms in total. The van der Waals surface area contributed by atoms with E-state index in [0.717, 1.165) is 19.3 Å². The van der Waals surface area contributed by atoms with Crippen LogP contribution in [-0.2, 0) is 4.79 Å². The van der Waals surface area contributed by atoms with E-state index in [0.29, 0.717) is 12.8 Å². The average molecular weight is 207 g/mol. The molecule has 0 aromatic carbocycles. The van der Waals surface area contributed by atoms with Crippen molar-refractivity contribution in [1.29, 1.82) is 5.26 Å². The van der Waals surface area contributed by atoms with Crippen LogP contribution in [0.2, 0.25) is 0 Å². The van der Waals surface area contributed by atoms with Gasteiger partial charge in [-0.05, 0) is 12.8 Å². The maximum Gasteiger partial charge on any atom is 0.325 e. The molecule has 2 aliphatic rings. The summed E-state index contributed by atoms with van der Waals surface area (Å²) in [7, 11) is 0. The maximum atomic E-state index is 11.8. The van der Waals surface area contributed by atoms with Crippen molar-refractivity contribution in [2.24, 2.45) is 0 Å². The quantitative estimate of drug-likeness (QED) is 0.509. The van der Waals surface area contributed by atoms with Crippen molar-refractivity contribution in [3.63, 3.8) is 0 Å². The van der Waals surface area contributed by atoms with Gasteiger partial charge in [0.1, 0.15) is 12.1 Å². The highest BCUT2D eigenvalue weighted by Gasteiger charge is 2.52. The Morgan fingerprint density at radius 3 is 2.60 bits per heavy atom. The number of carbonyl (C=O) groups is 2. The molecule has 15 heavy (non-hydrogen) atoms. The molecule has 0 atom stereocenters. The molecule has 1 spiro atoms. The first-order chi connectivity index (χ1) is 7.20. The molecule has 0 bridgehead atoms. The Hall–Kier alpha value is -1.57. The molecule has 5 heteroatoms. The minimum atomic E-state index is -0.717. The maximum absolute atomic E-state index is 11.8. The number of amides is 3. The topological polar surface area (TPSA) is 73.2 Å². The third-order valence-corrected chi connectivity index (χ3v) is 3.31. The number of nitrogens with zero attached hydrogens (tertiary/aromatic N) is 2. The Kier molecular flexibility index (Phi) is 2.35. The van der Waals surface area contributed by atoms with Crippen LogP contribution in [-0.4, -0.2) is 28.9 Å². The van der Waals surface area contributed by atoms with Crippen LogP contribution in [0.5, 0.6) is 0 Å². The number of imide groups is 1. The fraction of sp³-hybridized carbons (Fsp3) is 0.700. The van der Waals surface area contributed by atoms with E-state index < -0.39 is 11.6 Å². The van der Waals surface area contributed by atoms with Crippen molar-refractivity contribution in [3.8, 4) is 6.07 Å². The molecule has 0 radical (unpaired) electrons. The second-order valence-corrected chi connectivity index (χ2v) is 4.10. The average Bonchev–Trinajstić information content (AvgIpc) is 2.45. The Balaban J connectivity index is 2.29. The lowest BCUT2D eigenvalue weighted by Crippen LogP contribution is -2.51. The van der Waals surface area contributed by atoms with Gasteiger partial charge in [0.2, 0.25) is 0 Å². The molecule has 1 saturated heterocycles. The van der Waals surface area contributed by atoms with Crippen LogP contribution in [0.3, 0.4) is 0 Å². The van der Waals surface area contributed by atoms with E-state index in [9.17, 15) is 9.59 Å². The summed E-state index contributed by atoms with van der Waals surface area (Å²) in [5, 5.41) is 11.0. The van der Waals surface area contributed by atoms with Crippen LogP contribution < -0.4 is 5.32 Å². The van der Waals surface area contributed by atoms with Crippen LogP contribution in [0.4, 0.5) is 4.79 Å². The van der Waals surface area contributed by atoms with Gasteiger partial charge in [0.25, 0.3) is 5.91 Å². The summed E-state index contributed by atoms with van der Waals surface area (Å²) in [5.41, 5.74) is -0.717. The van der Waals surface area contributed by atoms with Gasteiger partial charge in [-0.3, -0.25) is 15.0 Å². The molecule has 1 heterocycles. The number of hydrogen-bond acceptors (Lipinski definition) is 3. The van der Waals surface area contributed by atoms with Crippen LogP contribution >= 0.6 is 0 Å². The molecule has 0 aromatic heterocycles. The molecule has 1 aliphatic carbocycles. The zero-order chi connectivity index (χ0) is 10.9. The first kappa shape index (κ1) is 9.97. The Morgan fingerprint density at radius 2 is 2.00 bits per heavy atom. The lowest BCUT2D eigenvalue weighted by molar-refractivity contribution is -0.128. The predicted molar refractivity (Wildman–Crippen MR) is 51.7 cm³/mol. The number of hydrogen-bond donors (Lipinski definition) is 1. The lowest BCUT2D eigenvalue weighted by Gasteiger charge is -2.36. The van der Waals surface area contributed by atoms with Crippen molar-refractivity contribution >= 4 is 11.9 Å². The van der Waals surface area contributed by atoms with Gasteiger partial charge in [0, 0.05) is 0 Å². The summed E-state index contributed by atoms with van der Waals surface area (Å²) >= 11 is 0. The van der Waals surface area contributed by atoms with Gasteiger partial charge >= 0.3 is 6.03 Å². The van der Waals surface area contributed by atoms with Crippen LogP contribution in [0.1, 0.15) is 32.1 Å². The standard InChI is InChI=1S/C10H13N3O2/c11-6-7-13-9(15)12-8(14)10(13)4-2-1-3-5-10/h1-5,7H2,(H,12,14,15). The van der Waals surface area contributed by atoms with E-state index >= 15 is 0 Å². The second-order valence-electron chi connectivity index (χ2n) is 4.10. The molecule has 1 N–H and O–H groups in total. The molecule has 2 fully saturated rings. The van der Waals surface area contributed by atoms with E-state index in [2.05, 4.69) is 5.32 Å². The number of urea groups is 1. The number of nitriles is 1. The van der Waals surface area contributed by atoms with Gasteiger partial charge in [0.05, 0.1) is 6.07 Å². The first-order valence-electron chi connectivity index (χ1n) is 5.21. The van der Waals surface area contributed by atoms with Gasteiger partial charge < -0.3 is 0 Å². The number of nitrogens with one attached hydrogen (secondary N) is 1. The van der Waals surface area contributed by atoms with Crippen LogP contribution in [0.15, 0.2) is 0 Å². The predicted octanol–water partition coefficient (Wildman–Crippen LogP) is 0.765. The van der Waals surface area contributed by atoms with Crippen molar-refractivity contribution in [2.45, 2.75) is 37.6 Å². The third kappa shape index (κ3) is 1.37. The van der Waals surface area contributed by atoms with Gasteiger partial charge in [-0.25, -0.2) is 4.79 Å². The van der Waals surface area contributed by atoms with E-state index in [1.807, 2.05) is 6.07 Å². The highest BCUT2D eigenvalue weighted by atomic mass is 16.2. The second kappa shape index (κ2) is 3.54. The van der Waals surface area contributed by atoms with Crippen molar-refractivity contribution in [2.75, 3.05) is 6.54 Å². The largest absolute Gasteiger partial charge is 0.325 e. The summed E-state index contributed by atoms with van der Waals surface area (Å²) in [4.78, 5) is 24.7. The van der Waals surface area contributed by atoms with E-state index in [4.69, 9.17) is 5.26 Å². The molecule has 1 aliphatic heterocycles. The summed E-state index contributed by atoms with van der Waals surface area (Å²) in [6, 6.07) is 1.53. The lowest BCUT2D eigenvalue weighted by atomic mass is 9.80. The SMILES string of the molecule is N#CCN1C(=O)NC(=O)C12CCCCC2. The van der Waals surface area contributed by atoms with Crippen molar-refractivity contribution < 1.29 is 9.59 Å². The monoisotopic (exact) mass is 207 g/mol. The zero-order valence-corrected chi connectivity index (χ0v) is 8.45. The Labute approximate surface area is 88.0 Å². The normalized spacial score (nSPS) is 24.1. The Bertz CT molecular complexity index is 339. The highest BCUT2D eigenvalue weighted by molar-refractivity contribution is 6.07. The van der Waals surface area contributed by atoms with E-state index in [-0.39, 0.29) is 12.5 Å². The smallest absolute Gasteiger partial charge is 0.296 e. The summed E-state index contributed by atoms with van der Waals surface area (Å²) in [6.07, 6.45) is 4.37. The zero-order valence-electron chi connectivity index (χ0n) is 8.45. The molecule has 80 valence electrons. The third-order valence-electron chi connectivity index (χ3n) is 3.31. The molecule has 3 amide bonds. The van der Waals surface area contributed by atoms with Gasteiger partial charge in [-0.1, -0.05) is 19.3 Å². The minimum absolute atomic E-state index is 0.00241. The van der Waals surface area contributed by atoms with Crippen molar-refractivity contribution in [1.82, 2.24) is 10.2 Å². The van der Waals surface area contributed by atoms with Gasteiger partial charge in [0.15, 0.2) is 0 Å². The minimum Gasteiger partial charge on any atom is -0.296 e. The number of carbonyl (C=O) groups excluding carboxylic acids is 2. The van der Waals surface area contributed by atoms with Gasteiger partial charge in [-0.15, -0.1) is 0 Å². The molecule has 2 rings (SSSR count). The fourth-order valence-electron chi connectivity index (χ4n) is 2.53. The Morgan fingerprint density at radius 1 is 1.33 bits per heavy atom. The van der Waals surface area contributed by atoms with E-state index in [1.54, 1.807) is 0 Å². The van der Waals surface area contributed by atoms with Crippen molar-refractivity contribution in [3.05, 3.63) is 0 Å². The fourth-order valence-corrected chi connectivity index (χ4v) is 2.53. The summed E-state index contributed by atoms with van der Waals surface area (Å²) < 4.78 is 0. The first-order valence-corrected chi connectivity index (χ1v) is 5.21. The molecule has 0 unspecified atom stereocenters.